The van der Waals surface area contributed by atoms with Gasteiger partial charge in [-0.2, -0.15) is 0 Å². The summed E-state index contributed by atoms with van der Waals surface area (Å²) in [4.78, 5) is 10.4. The highest BCUT2D eigenvalue weighted by molar-refractivity contribution is 7.45. The Balaban J connectivity index is 0.000000636. The van der Waals surface area contributed by atoms with Gasteiger partial charge in [0, 0.05) is 0 Å². The van der Waals surface area contributed by atoms with Gasteiger partial charge in [-0.15, -0.1) is 0 Å². The predicted octanol–water partition coefficient (Wildman–Crippen LogP) is 4.76. The lowest BCUT2D eigenvalue weighted by molar-refractivity contribution is -0.696. The van der Waals surface area contributed by atoms with Crippen molar-refractivity contribution in [1.82, 2.24) is 4.57 Å². The zero-order valence-electron chi connectivity index (χ0n) is 17.9. The van der Waals surface area contributed by atoms with Crippen molar-refractivity contribution in [2.45, 2.75) is 91.5 Å². The molecule has 0 amide bonds. The molecule has 0 spiro atoms. The molecule has 0 radical (unpaired) electrons. The highest BCUT2D eigenvalue weighted by atomic mass is 31.2. The number of phosphoric ester groups is 1. The van der Waals surface area contributed by atoms with Crippen LogP contribution in [0.3, 0.4) is 0 Å². The van der Waals surface area contributed by atoms with E-state index in [9.17, 15) is 9.46 Å². The monoisotopic (exact) mass is 404 g/mol. The van der Waals surface area contributed by atoms with Crippen molar-refractivity contribution in [2.24, 2.45) is 7.05 Å². The van der Waals surface area contributed by atoms with Crippen LogP contribution < -0.4 is 9.46 Å². The first-order valence-electron chi connectivity index (χ1n) is 10.6. The minimum atomic E-state index is -3.94. The molecule has 0 saturated carbocycles. The van der Waals surface area contributed by atoms with Gasteiger partial charge in [0.15, 0.2) is 0 Å². The fourth-order valence-corrected chi connectivity index (χ4v) is 3.48. The quantitative estimate of drug-likeness (QED) is 0.240. The summed E-state index contributed by atoms with van der Waals surface area (Å²) in [6.45, 7) is 6.89. The second-order valence-electron chi connectivity index (χ2n) is 6.78. The summed E-state index contributed by atoms with van der Waals surface area (Å²) >= 11 is 0. The average Bonchev–Trinajstić information content (AvgIpc) is 3.02. The number of aryl methyl sites for hydroxylation is 2. The van der Waals surface area contributed by atoms with E-state index in [2.05, 4.69) is 50.9 Å². The van der Waals surface area contributed by atoms with Crippen LogP contribution in [0.5, 0.6) is 0 Å². The molecule has 1 aromatic rings. The molecule has 0 unspecified atom stereocenters. The van der Waals surface area contributed by atoms with Crippen LogP contribution in [-0.4, -0.2) is 17.8 Å². The van der Waals surface area contributed by atoms with Crippen molar-refractivity contribution in [3.8, 4) is 0 Å². The van der Waals surface area contributed by atoms with Gasteiger partial charge in [-0.3, -0.25) is 4.57 Å². The maximum Gasteiger partial charge on any atom is 0.267 e. The molecular formula is C20H41N2O4P. The van der Waals surface area contributed by atoms with Gasteiger partial charge in [0.2, 0.25) is 6.33 Å². The fraction of sp³-hybridized carbons (Fsp3) is 0.850. The third-order valence-corrected chi connectivity index (χ3v) is 5.32. The Kier molecular flexibility index (Phi) is 17.0. The van der Waals surface area contributed by atoms with Crippen LogP contribution in [-0.2, 0) is 27.2 Å². The average molecular weight is 405 g/mol. The SMILES string of the molecule is CCCCCCCCCCCC[n+]1ccn(C)c1.CCOP(=O)([O-])OCC. The van der Waals surface area contributed by atoms with Crippen molar-refractivity contribution in [1.29, 1.82) is 0 Å². The largest absolute Gasteiger partial charge is 0.756 e. The maximum absolute atomic E-state index is 10.4. The Morgan fingerprint density at radius 3 is 1.78 bits per heavy atom. The van der Waals surface area contributed by atoms with Gasteiger partial charge in [-0.25, -0.2) is 9.13 Å². The summed E-state index contributed by atoms with van der Waals surface area (Å²) in [5.41, 5.74) is 0. The van der Waals surface area contributed by atoms with Crippen molar-refractivity contribution < 1.29 is 23.1 Å². The minimum Gasteiger partial charge on any atom is -0.756 e. The van der Waals surface area contributed by atoms with E-state index in [4.69, 9.17) is 0 Å². The van der Waals surface area contributed by atoms with Crippen LogP contribution in [0.2, 0.25) is 0 Å². The van der Waals surface area contributed by atoms with Crippen molar-refractivity contribution in [3.63, 3.8) is 0 Å². The molecule has 0 aliphatic heterocycles. The molecule has 0 N–H and O–H groups in total. The van der Waals surface area contributed by atoms with E-state index in [-0.39, 0.29) is 13.2 Å². The first kappa shape index (κ1) is 26.3. The lowest BCUT2D eigenvalue weighted by atomic mass is 10.1. The summed E-state index contributed by atoms with van der Waals surface area (Å²) in [5, 5.41) is 0. The Hall–Kier alpha value is -0.680. The van der Waals surface area contributed by atoms with Crippen LogP contribution in [0.25, 0.3) is 0 Å². The van der Waals surface area contributed by atoms with E-state index < -0.39 is 7.82 Å². The fourth-order valence-electron chi connectivity index (χ4n) is 2.77. The Labute approximate surface area is 166 Å². The van der Waals surface area contributed by atoms with Gasteiger partial charge >= 0.3 is 0 Å². The Morgan fingerprint density at radius 1 is 0.889 bits per heavy atom. The second-order valence-corrected chi connectivity index (χ2v) is 8.19. The Bertz CT molecular complexity index is 484. The first-order valence-corrected chi connectivity index (χ1v) is 12.0. The van der Waals surface area contributed by atoms with E-state index in [0.717, 1.165) is 0 Å². The first-order chi connectivity index (χ1) is 12.9. The zero-order valence-corrected chi connectivity index (χ0v) is 18.8. The number of rotatable bonds is 15. The van der Waals surface area contributed by atoms with E-state index in [1.165, 1.54) is 70.8 Å². The lowest BCUT2D eigenvalue weighted by Gasteiger charge is -2.20. The molecule has 1 rings (SSSR count). The summed E-state index contributed by atoms with van der Waals surface area (Å²) < 4.78 is 23.3. The molecular weight excluding hydrogens is 363 g/mol. The van der Waals surface area contributed by atoms with Gasteiger partial charge in [0.25, 0.3) is 7.82 Å². The van der Waals surface area contributed by atoms with Gasteiger partial charge < -0.3 is 13.9 Å². The number of nitrogens with zero attached hydrogens (tertiary/aromatic N) is 2. The van der Waals surface area contributed by atoms with E-state index >= 15 is 0 Å². The molecule has 1 aromatic heterocycles. The smallest absolute Gasteiger partial charge is 0.267 e. The van der Waals surface area contributed by atoms with E-state index in [1.807, 2.05) is 0 Å². The molecule has 7 heteroatoms. The lowest BCUT2D eigenvalue weighted by Crippen LogP contribution is -2.30. The van der Waals surface area contributed by atoms with Gasteiger partial charge in [-0.1, -0.05) is 58.3 Å². The maximum atomic E-state index is 10.4. The summed E-state index contributed by atoms with van der Waals surface area (Å²) in [5.74, 6) is 0. The molecule has 1 heterocycles. The van der Waals surface area contributed by atoms with Crippen molar-refractivity contribution in [2.75, 3.05) is 13.2 Å². The summed E-state index contributed by atoms with van der Waals surface area (Å²) in [6, 6.07) is 0. The van der Waals surface area contributed by atoms with Gasteiger partial charge in [0.05, 0.1) is 26.8 Å². The van der Waals surface area contributed by atoms with E-state index in [0.29, 0.717) is 0 Å². The molecule has 160 valence electrons. The molecule has 6 nitrogen and oxygen atoms in total. The third-order valence-electron chi connectivity index (χ3n) is 4.17. The highest BCUT2D eigenvalue weighted by Gasteiger charge is 2.04. The molecule has 27 heavy (non-hydrogen) atoms. The molecule has 0 bridgehead atoms. The number of phosphoric acid groups is 1. The van der Waals surface area contributed by atoms with Crippen molar-refractivity contribution in [3.05, 3.63) is 18.7 Å². The molecule has 0 aliphatic rings. The van der Waals surface area contributed by atoms with Crippen LogP contribution >= 0.6 is 7.82 Å². The molecule has 0 atom stereocenters. The van der Waals surface area contributed by atoms with Crippen LogP contribution in [0.1, 0.15) is 85.0 Å². The number of hydrogen-bond donors (Lipinski definition) is 0. The molecule has 0 aliphatic carbocycles. The third kappa shape index (κ3) is 17.2. The Morgan fingerprint density at radius 2 is 1.37 bits per heavy atom. The minimum absolute atomic E-state index is 0.126. The summed E-state index contributed by atoms with van der Waals surface area (Å²) in [6.07, 6.45) is 20.6. The van der Waals surface area contributed by atoms with Gasteiger partial charge in [0.1, 0.15) is 12.4 Å². The van der Waals surface area contributed by atoms with Gasteiger partial charge in [-0.05, 0) is 26.7 Å². The number of unbranched alkanes of at least 4 members (excludes halogenated alkanes) is 9. The zero-order chi connectivity index (χ0) is 20.4. The number of aromatic nitrogens is 2. The molecule has 0 aromatic carbocycles. The molecule has 0 saturated heterocycles. The van der Waals surface area contributed by atoms with Crippen molar-refractivity contribution >= 4 is 7.82 Å². The predicted molar refractivity (Wildman–Crippen MR) is 108 cm³/mol. The number of imidazole rings is 1. The topological polar surface area (TPSA) is 67.4 Å². The number of hydrogen-bond acceptors (Lipinski definition) is 4. The van der Waals surface area contributed by atoms with E-state index in [1.54, 1.807) is 13.8 Å². The standard InChI is InChI=1S/C16H31N2.C4H11O4P/c1-3-4-5-6-7-8-9-10-11-12-13-18-15-14-17(2)16-18;1-3-7-9(5,6)8-4-2/h14-16H,3-13H2,1-2H3;3-4H2,1-2H3,(H,5,6)/q+1;/p-1. The normalized spacial score (nSPS) is 11.3. The highest BCUT2D eigenvalue weighted by Crippen LogP contribution is 2.37. The second kappa shape index (κ2) is 17.4. The summed E-state index contributed by atoms with van der Waals surface area (Å²) in [7, 11) is -1.86. The molecule has 0 fully saturated rings. The van der Waals surface area contributed by atoms with Crippen LogP contribution in [0.15, 0.2) is 18.7 Å². The van der Waals surface area contributed by atoms with Crippen LogP contribution in [0, 0.1) is 0 Å². The van der Waals surface area contributed by atoms with Crippen LogP contribution in [0.4, 0.5) is 0 Å².